The lowest BCUT2D eigenvalue weighted by atomic mass is 9.83. The van der Waals surface area contributed by atoms with Gasteiger partial charge in [0.25, 0.3) is 0 Å². The summed E-state index contributed by atoms with van der Waals surface area (Å²) in [6, 6.07) is 17.6. The molecule has 0 radical (unpaired) electrons. The molecule has 0 aliphatic carbocycles. The number of halogens is 2. The van der Waals surface area contributed by atoms with Gasteiger partial charge in [-0.15, -0.1) is 0 Å². The van der Waals surface area contributed by atoms with Crippen LogP contribution < -0.4 is 10.5 Å². The molecule has 1 heterocycles. The fraction of sp³-hybridized carbons (Fsp3) is 0.308. The first-order chi connectivity index (χ1) is 16.4. The number of methoxy groups -OCH3 is 1. The predicted octanol–water partition coefficient (Wildman–Crippen LogP) is 6.56. The quantitative estimate of drug-likeness (QED) is 0.390. The lowest BCUT2D eigenvalue weighted by Gasteiger charge is -2.39. The molecule has 0 bridgehead atoms. The highest BCUT2D eigenvalue weighted by Gasteiger charge is 2.45. The molecule has 3 atom stereocenters. The van der Waals surface area contributed by atoms with Crippen molar-refractivity contribution >= 4 is 7.82 Å². The monoisotopic (exact) mass is 505 g/mol. The number of phosphoric ester groups is 1. The summed E-state index contributed by atoms with van der Waals surface area (Å²) in [6.45, 7) is 5.75. The van der Waals surface area contributed by atoms with Gasteiger partial charge in [-0.2, -0.15) is 0 Å². The number of phosphoric acid groups is 1. The number of benzene rings is 3. The van der Waals surface area contributed by atoms with Crippen molar-refractivity contribution in [1.29, 1.82) is 0 Å². The molecular formula is C26H30F2NO5P. The molecule has 6 nitrogen and oxygen atoms in total. The molecule has 1 aliphatic heterocycles. The lowest BCUT2D eigenvalue weighted by Crippen LogP contribution is -2.33. The number of hydrogen-bond donors (Lipinski definition) is 2. The molecule has 1 saturated heterocycles. The predicted molar refractivity (Wildman–Crippen MR) is 131 cm³/mol. The fourth-order valence-corrected chi connectivity index (χ4v) is 5.05. The van der Waals surface area contributed by atoms with Gasteiger partial charge in [-0.05, 0) is 42.3 Å². The van der Waals surface area contributed by atoms with E-state index in [0.717, 1.165) is 5.56 Å². The van der Waals surface area contributed by atoms with E-state index in [9.17, 15) is 18.2 Å². The molecule has 3 aromatic carbocycles. The zero-order valence-electron chi connectivity index (χ0n) is 20.1. The molecule has 35 heavy (non-hydrogen) atoms. The Bertz CT molecular complexity index is 1220. The van der Waals surface area contributed by atoms with Crippen molar-refractivity contribution in [3.8, 4) is 16.9 Å². The first-order valence-electron chi connectivity index (χ1n) is 11.0. The van der Waals surface area contributed by atoms with Crippen LogP contribution in [0.5, 0.6) is 5.75 Å². The van der Waals surface area contributed by atoms with Crippen LogP contribution in [-0.4, -0.2) is 18.6 Å². The topological polar surface area (TPSA) is 91.0 Å². The van der Waals surface area contributed by atoms with Gasteiger partial charge in [0.05, 0.1) is 13.7 Å². The van der Waals surface area contributed by atoms with Crippen molar-refractivity contribution in [2.45, 2.75) is 32.9 Å². The van der Waals surface area contributed by atoms with Gasteiger partial charge in [-0.1, -0.05) is 56.3 Å². The van der Waals surface area contributed by atoms with E-state index in [1.807, 2.05) is 32.0 Å². The molecule has 0 saturated carbocycles. The second-order valence-electron chi connectivity index (χ2n) is 8.96. The zero-order valence-corrected chi connectivity index (χ0v) is 21.0. The summed E-state index contributed by atoms with van der Waals surface area (Å²) < 4.78 is 53.8. The number of hydrogen-bond acceptors (Lipinski definition) is 5. The first kappa shape index (κ1) is 27.0. The number of para-hydroxylation sites is 1. The summed E-state index contributed by atoms with van der Waals surface area (Å²) in [4.78, 5) is 9.47. The second kappa shape index (κ2) is 11.0. The van der Waals surface area contributed by atoms with E-state index in [1.54, 1.807) is 44.4 Å². The number of rotatable bonds is 4. The van der Waals surface area contributed by atoms with Gasteiger partial charge in [0.2, 0.25) is 0 Å². The Morgan fingerprint density at radius 2 is 1.74 bits per heavy atom. The van der Waals surface area contributed by atoms with Crippen LogP contribution >= 0.6 is 7.82 Å². The molecule has 3 aromatic rings. The minimum atomic E-state index is -3.97. The Morgan fingerprint density at radius 1 is 1.09 bits per heavy atom. The lowest BCUT2D eigenvalue weighted by molar-refractivity contribution is -0.0480. The van der Waals surface area contributed by atoms with Gasteiger partial charge in [0.1, 0.15) is 23.5 Å². The molecule has 0 spiro atoms. The van der Waals surface area contributed by atoms with Crippen molar-refractivity contribution < 1.29 is 32.0 Å². The third-order valence-electron chi connectivity index (χ3n) is 5.64. The maximum atomic E-state index is 13.7. The van der Waals surface area contributed by atoms with Crippen LogP contribution in [0.25, 0.3) is 11.1 Å². The van der Waals surface area contributed by atoms with E-state index in [-0.39, 0.29) is 24.3 Å². The second-order valence-corrected chi connectivity index (χ2v) is 10.4. The summed E-state index contributed by atoms with van der Waals surface area (Å²) in [5.41, 5.74) is 7.81. The van der Waals surface area contributed by atoms with E-state index in [1.165, 1.54) is 18.2 Å². The highest BCUT2D eigenvalue weighted by Crippen LogP contribution is 2.59. The Kier molecular flexibility index (Phi) is 8.46. The van der Waals surface area contributed by atoms with Gasteiger partial charge in [0, 0.05) is 22.6 Å². The van der Waals surface area contributed by atoms with E-state index in [0.29, 0.717) is 22.4 Å². The molecule has 9 heteroatoms. The normalized spacial score (nSPS) is 22.0. The maximum absolute atomic E-state index is 13.7. The minimum Gasteiger partial charge on any atom is -0.496 e. The highest BCUT2D eigenvalue weighted by molar-refractivity contribution is 7.47. The smallest absolute Gasteiger partial charge is 0.472 e. The van der Waals surface area contributed by atoms with Crippen LogP contribution in [0.3, 0.4) is 0 Å². The Morgan fingerprint density at radius 3 is 2.40 bits per heavy atom. The van der Waals surface area contributed by atoms with Crippen LogP contribution in [-0.2, 0) is 13.6 Å². The molecule has 1 aliphatic rings. The third kappa shape index (κ3) is 6.54. The van der Waals surface area contributed by atoms with Crippen LogP contribution in [0, 0.1) is 17.0 Å². The maximum Gasteiger partial charge on any atom is 0.472 e. The third-order valence-corrected chi connectivity index (χ3v) is 6.57. The van der Waals surface area contributed by atoms with Crippen LogP contribution in [0.4, 0.5) is 8.78 Å². The number of ether oxygens (including phenoxy) is 1. The SMILES string of the molecule is COc1ccccc1[C@@H]1OP(=O)(O)OCC1(C)C.C[C@H](N)c1cc(F)ccc1-c1ccccc1F. The van der Waals surface area contributed by atoms with Gasteiger partial charge < -0.3 is 15.4 Å². The Balaban J connectivity index is 0.000000196. The highest BCUT2D eigenvalue weighted by atomic mass is 31.2. The summed E-state index contributed by atoms with van der Waals surface area (Å²) in [6.07, 6.45) is -0.543. The molecule has 4 rings (SSSR count). The Labute approximate surface area is 204 Å². The van der Waals surface area contributed by atoms with Crippen LogP contribution in [0.2, 0.25) is 0 Å². The Hall–Kier alpha value is -2.61. The van der Waals surface area contributed by atoms with E-state index >= 15 is 0 Å². The van der Waals surface area contributed by atoms with E-state index in [2.05, 4.69) is 0 Å². The summed E-state index contributed by atoms with van der Waals surface area (Å²) in [7, 11) is -2.41. The average molecular weight is 505 g/mol. The van der Waals surface area contributed by atoms with Crippen LogP contribution in [0.15, 0.2) is 66.7 Å². The standard InChI is InChI=1S/C14H13F2N.C12H17O5P/c1-9(17)13-8-10(15)6-7-11(13)12-4-2-3-5-14(12)16;1-12(2)8-16-18(13,14)17-11(12)9-6-4-5-7-10(9)15-3/h2-9H,17H2,1H3;4-7,11H,8H2,1-3H3,(H,13,14)/t9-;11-/m00/s1. The summed E-state index contributed by atoms with van der Waals surface area (Å²) in [5, 5.41) is 0. The van der Waals surface area contributed by atoms with Crippen molar-refractivity contribution in [2.24, 2.45) is 11.1 Å². The molecule has 0 amide bonds. The average Bonchev–Trinajstić information content (AvgIpc) is 2.82. The van der Waals surface area contributed by atoms with Crippen molar-refractivity contribution in [2.75, 3.05) is 13.7 Å². The van der Waals surface area contributed by atoms with Gasteiger partial charge in [-0.25, -0.2) is 13.3 Å². The fourth-order valence-electron chi connectivity index (χ4n) is 3.83. The van der Waals surface area contributed by atoms with E-state index in [4.69, 9.17) is 19.5 Å². The number of nitrogens with two attached hydrogens (primary N) is 1. The molecule has 0 aromatic heterocycles. The minimum absolute atomic E-state index is 0.156. The van der Waals surface area contributed by atoms with Gasteiger partial charge in [-0.3, -0.25) is 9.05 Å². The van der Waals surface area contributed by atoms with Crippen LogP contribution in [0.1, 0.15) is 44.0 Å². The van der Waals surface area contributed by atoms with Gasteiger partial charge in [0.15, 0.2) is 0 Å². The summed E-state index contributed by atoms with van der Waals surface area (Å²) in [5.74, 6) is -0.0594. The van der Waals surface area contributed by atoms with Gasteiger partial charge >= 0.3 is 7.82 Å². The largest absolute Gasteiger partial charge is 0.496 e. The van der Waals surface area contributed by atoms with Crippen molar-refractivity contribution in [3.63, 3.8) is 0 Å². The molecule has 1 unspecified atom stereocenters. The zero-order chi connectivity index (χ0) is 25.8. The van der Waals surface area contributed by atoms with Crippen molar-refractivity contribution in [1.82, 2.24) is 0 Å². The molecule has 3 N–H and O–H groups in total. The van der Waals surface area contributed by atoms with E-state index < -0.39 is 19.3 Å². The molecule has 188 valence electrons. The molecule has 1 fully saturated rings. The molecular weight excluding hydrogens is 475 g/mol. The summed E-state index contributed by atoms with van der Waals surface area (Å²) >= 11 is 0. The van der Waals surface area contributed by atoms with Crippen molar-refractivity contribution in [3.05, 3.63) is 89.5 Å². The first-order valence-corrected chi connectivity index (χ1v) is 12.5.